The maximum absolute atomic E-state index is 9.88. The fraction of sp³-hybridized carbons (Fsp3) is 0.286. The summed E-state index contributed by atoms with van der Waals surface area (Å²) < 4.78 is 0. The van der Waals surface area contributed by atoms with Gasteiger partial charge < -0.3 is 5.11 Å². The number of hydrogen-bond acceptors (Lipinski definition) is 1. The number of allylic oxidation sites excluding steroid dienone is 1. The van der Waals surface area contributed by atoms with E-state index in [9.17, 15) is 5.11 Å². The van der Waals surface area contributed by atoms with Gasteiger partial charge in [-0.1, -0.05) is 49.3 Å². The first-order valence-electron chi connectivity index (χ1n) is 4.95. The third-order valence-electron chi connectivity index (χ3n) is 2.76. The molecular formula is C14H16O. The van der Waals surface area contributed by atoms with Crippen molar-refractivity contribution >= 4 is 0 Å². The summed E-state index contributed by atoms with van der Waals surface area (Å²) in [6.45, 7) is 5.66. The second-order valence-corrected chi connectivity index (χ2v) is 3.85. The summed E-state index contributed by atoms with van der Waals surface area (Å²) in [7, 11) is 0. The van der Waals surface area contributed by atoms with Gasteiger partial charge >= 0.3 is 0 Å². The molecule has 1 heteroatoms. The second-order valence-electron chi connectivity index (χ2n) is 3.85. The lowest BCUT2D eigenvalue weighted by Gasteiger charge is -2.31. The van der Waals surface area contributed by atoms with Crippen molar-refractivity contribution in [3.05, 3.63) is 48.6 Å². The fourth-order valence-corrected chi connectivity index (χ4v) is 1.69. The molecule has 0 amide bonds. The molecule has 0 aliphatic rings. The second kappa shape index (κ2) is 4.82. The lowest BCUT2D eigenvalue weighted by Crippen LogP contribution is -2.35. The van der Waals surface area contributed by atoms with Gasteiger partial charge in [0.05, 0.1) is 0 Å². The van der Waals surface area contributed by atoms with Gasteiger partial charge in [0.15, 0.2) is 0 Å². The number of rotatable bonds is 4. The Labute approximate surface area is 91.5 Å². The largest absolute Gasteiger partial charge is 0.379 e. The summed E-state index contributed by atoms with van der Waals surface area (Å²) in [4.78, 5) is 0. The zero-order valence-electron chi connectivity index (χ0n) is 8.98. The average Bonchev–Trinajstić information content (AvgIpc) is 2.29. The molecule has 0 aliphatic carbocycles. The van der Waals surface area contributed by atoms with Crippen LogP contribution in [0.1, 0.15) is 18.9 Å². The smallest absolute Gasteiger partial charge is 0.124 e. The summed E-state index contributed by atoms with van der Waals surface area (Å²) in [5.74, 6) is 2.40. The number of aliphatic hydroxyl groups excluding tert-OH is 1. The Kier molecular flexibility index (Phi) is 3.71. The van der Waals surface area contributed by atoms with Gasteiger partial charge in [-0.25, -0.2) is 0 Å². The van der Waals surface area contributed by atoms with Crippen LogP contribution in [-0.4, -0.2) is 11.2 Å². The molecule has 0 bridgehead atoms. The van der Waals surface area contributed by atoms with Gasteiger partial charge in [0, 0.05) is 5.41 Å². The molecule has 0 aromatic heterocycles. The summed E-state index contributed by atoms with van der Waals surface area (Å²) in [5, 5.41) is 9.88. The molecule has 15 heavy (non-hydrogen) atoms. The third kappa shape index (κ3) is 2.29. The fourth-order valence-electron chi connectivity index (χ4n) is 1.69. The van der Waals surface area contributed by atoms with Gasteiger partial charge in [-0.2, -0.15) is 0 Å². The molecule has 1 N–H and O–H groups in total. The first kappa shape index (κ1) is 11.6. The molecule has 78 valence electrons. The zero-order chi connectivity index (χ0) is 11.3. The Balaban J connectivity index is 3.13. The van der Waals surface area contributed by atoms with Crippen molar-refractivity contribution in [2.75, 3.05) is 0 Å². The van der Waals surface area contributed by atoms with E-state index < -0.39 is 11.5 Å². The van der Waals surface area contributed by atoms with E-state index >= 15 is 0 Å². The van der Waals surface area contributed by atoms with Crippen LogP contribution in [0.3, 0.4) is 0 Å². The Morgan fingerprint density at radius 2 is 2.13 bits per heavy atom. The molecule has 1 aromatic carbocycles. The van der Waals surface area contributed by atoms with Crippen molar-refractivity contribution in [3.63, 3.8) is 0 Å². The summed E-state index contributed by atoms with van der Waals surface area (Å²) in [6.07, 6.45) is 6.94. The standard InChI is InChI=1S/C14H16O/c1-4-11-14(3,13(15)5-2)12-9-7-6-8-10-12/h2,4,6-10,13,15H,1,11H2,3H3. The molecule has 0 spiro atoms. The molecular weight excluding hydrogens is 184 g/mol. The van der Waals surface area contributed by atoms with Crippen molar-refractivity contribution in [1.29, 1.82) is 0 Å². The molecule has 1 nitrogen and oxygen atoms in total. The maximum Gasteiger partial charge on any atom is 0.124 e. The Bertz CT molecular complexity index is 361. The third-order valence-corrected chi connectivity index (χ3v) is 2.76. The van der Waals surface area contributed by atoms with E-state index in [0.717, 1.165) is 5.56 Å². The van der Waals surface area contributed by atoms with E-state index in [4.69, 9.17) is 6.42 Å². The predicted molar refractivity (Wildman–Crippen MR) is 63.4 cm³/mol. The molecule has 0 saturated heterocycles. The normalized spacial score (nSPS) is 16.1. The Morgan fingerprint density at radius 3 is 2.60 bits per heavy atom. The van der Waals surface area contributed by atoms with Gasteiger partial charge in [-0.15, -0.1) is 13.0 Å². The van der Waals surface area contributed by atoms with Crippen LogP contribution < -0.4 is 0 Å². The predicted octanol–water partition coefficient (Wildman–Crippen LogP) is 2.51. The minimum absolute atomic E-state index is 0.447. The van der Waals surface area contributed by atoms with E-state index in [-0.39, 0.29) is 0 Å². The van der Waals surface area contributed by atoms with Gasteiger partial charge in [0.25, 0.3) is 0 Å². The first-order valence-corrected chi connectivity index (χ1v) is 4.95. The van der Waals surface area contributed by atoms with Crippen molar-refractivity contribution in [2.45, 2.75) is 24.9 Å². The van der Waals surface area contributed by atoms with Gasteiger partial charge in [-0.05, 0) is 12.0 Å². The lowest BCUT2D eigenvalue weighted by molar-refractivity contribution is 0.143. The number of aliphatic hydroxyl groups is 1. The number of hydrogen-bond donors (Lipinski definition) is 1. The molecule has 0 aliphatic heterocycles. The van der Waals surface area contributed by atoms with Crippen molar-refractivity contribution < 1.29 is 5.11 Å². The Morgan fingerprint density at radius 1 is 1.53 bits per heavy atom. The summed E-state index contributed by atoms with van der Waals surface area (Å²) in [5.41, 5.74) is 0.591. The molecule has 1 rings (SSSR count). The molecule has 0 fully saturated rings. The highest BCUT2D eigenvalue weighted by atomic mass is 16.3. The summed E-state index contributed by atoms with van der Waals surface area (Å²) >= 11 is 0. The van der Waals surface area contributed by atoms with E-state index in [1.165, 1.54) is 0 Å². The van der Waals surface area contributed by atoms with Crippen molar-refractivity contribution in [2.24, 2.45) is 0 Å². The minimum Gasteiger partial charge on any atom is -0.379 e. The van der Waals surface area contributed by atoms with Crippen LogP contribution >= 0.6 is 0 Å². The topological polar surface area (TPSA) is 20.2 Å². The van der Waals surface area contributed by atoms with Crippen molar-refractivity contribution in [3.8, 4) is 12.3 Å². The average molecular weight is 200 g/mol. The molecule has 0 saturated carbocycles. The van der Waals surface area contributed by atoms with Crippen LogP contribution in [-0.2, 0) is 5.41 Å². The van der Waals surface area contributed by atoms with Crippen LogP contribution in [0.15, 0.2) is 43.0 Å². The quantitative estimate of drug-likeness (QED) is 0.585. The molecule has 0 heterocycles. The van der Waals surface area contributed by atoms with Crippen LogP contribution in [0.4, 0.5) is 0 Å². The van der Waals surface area contributed by atoms with E-state index in [1.807, 2.05) is 37.3 Å². The number of terminal acetylenes is 1. The van der Waals surface area contributed by atoms with Gasteiger partial charge in [-0.3, -0.25) is 0 Å². The highest BCUT2D eigenvalue weighted by Crippen LogP contribution is 2.31. The highest BCUT2D eigenvalue weighted by Gasteiger charge is 2.32. The van der Waals surface area contributed by atoms with Crippen LogP contribution in [0.5, 0.6) is 0 Å². The zero-order valence-corrected chi connectivity index (χ0v) is 8.98. The molecule has 2 atom stereocenters. The highest BCUT2D eigenvalue weighted by molar-refractivity contribution is 5.30. The van der Waals surface area contributed by atoms with Gasteiger partial charge in [0.1, 0.15) is 6.10 Å². The molecule has 0 radical (unpaired) electrons. The molecule has 1 aromatic rings. The van der Waals surface area contributed by atoms with Crippen molar-refractivity contribution in [1.82, 2.24) is 0 Å². The SMILES string of the molecule is C#CC(O)C(C)(CC=C)c1ccccc1. The van der Waals surface area contributed by atoms with E-state index in [2.05, 4.69) is 12.5 Å². The summed E-state index contributed by atoms with van der Waals surface area (Å²) in [6, 6.07) is 9.79. The van der Waals surface area contributed by atoms with Crippen LogP contribution in [0.25, 0.3) is 0 Å². The van der Waals surface area contributed by atoms with Gasteiger partial charge in [0.2, 0.25) is 0 Å². The number of benzene rings is 1. The Hall–Kier alpha value is -1.52. The first-order chi connectivity index (χ1) is 7.15. The maximum atomic E-state index is 9.88. The van der Waals surface area contributed by atoms with E-state index in [0.29, 0.717) is 6.42 Å². The monoisotopic (exact) mass is 200 g/mol. The minimum atomic E-state index is -0.794. The van der Waals surface area contributed by atoms with Crippen LogP contribution in [0, 0.1) is 12.3 Å². The lowest BCUT2D eigenvalue weighted by atomic mass is 9.75. The van der Waals surface area contributed by atoms with Crippen LogP contribution in [0.2, 0.25) is 0 Å². The molecule has 2 unspecified atom stereocenters. The van der Waals surface area contributed by atoms with E-state index in [1.54, 1.807) is 6.08 Å².